The van der Waals surface area contributed by atoms with Crippen molar-refractivity contribution in [1.29, 1.82) is 0 Å². The summed E-state index contributed by atoms with van der Waals surface area (Å²) in [5, 5.41) is 10.8. The van der Waals surface area contributed by atoms with Gasteiger partial charge >= 0.3 is 0 Å². The Balaban J connectivity index is 2.98. The standard InChI is InChI=1S/C8H13NO3S2/c1-5(10)7-4-13-8(9-7)6(2)14(3,11)12/h4-6,10H,1-3H3. The molecule has 1 N–H and O–H groups in total. The molecular weight excluding hydrogens is 222 g/mol. The fourth-order valence-corrected chi connectivity index (χ4v) is 2.81. The quantitative estimate of drug-likeness (QED) is 0.857. The Hall–Kier alpha value is -0.460. The molecule has 0 saturated carbocycles. The maximum absolute atomic E-state index is 11.2. The number of nitrogens with zero attached hydrogens (tertiary/aromatic N) is 1. The number of rotatable bonds is 3. The Labute approximate surface area is 87.5 Å². The minimum atomic E-state index is -3.10. The lowest BCUT2D eigenvalue weighted by Gasteiger charge is -2.04. The van der Waals surface area contributed by atoms with Crippen molar-refractivity contribution < 1.29 is 13.5 Å². The zero-order chi connectivity index (χ0) is 10.9. The van der Waals surface area contributed by atoms with Gasteiger partial charge in [-0.3, -0.25) is 0 Å². The summed E-state index contributed by atoms with van der Waals surface area (Å²) in [5.41, 5.74) is 0.528. The minimum Gasteiger partial charge on any atom is -0.387 e. The van der Waals surface area contributed by atoms with E-state index >= 15 is 0 Å². The summed E-state index contributed by atoms with van der Waals surface area (Å²) in [7, 11) is -3.10. The molecule has 0 saturated heterocycles. The normalized spacial score (nSPS) is 16.6. The highest BCUT2D eigenvalue weighted by molar-refractivity contribution is 7.91. The van der Waals surface area contributed by atoms with Crippen molar-refractivity contribution in [3.05, 3.63) is 16.1 Å². The molecule has 0 aliphatic heterocycles. The van der Waals surface area contributed by atoms with Crippen molar-refractivity contribution in [3.63, 3.8) is 0 Å². The molecule has 80 valence electrons. The first-order valence-corrected chi connectivity index (χ1v) is 6.98. The molecule has 0 spiro atoms. The highest BCUT2D eigenvalue weighted by Crippen LogP contribution is 2.26. The van der Waals surface area contributed by atoms with Crippen LogP contribution >= 0.6 is 11.3 Å². The van der Waals surface area contributed by atoms with E-state index in [-0.39, 0.29) is 0 Å². The van der Waals surface area contributed by atoms with Crippen molar-refractivity contribution >= 4 is 21.2 Å². The summed E-state index contributed by atoms with van der Waals surface area (Å²) in [6.07, 6.45) is 0.535. The molecule has 0 amide bonds. The third-order valence-corrected chi connectivity index (χ3v) is 4.66. The fraction of sp³-hybridized carbons (Fsp3) is 0.625. The van der Waals surface area contributed by atoms with Gasteiger partial charge in [-0.1, -0.05) is 0 Å². The average molecular weight is 235 g/mol. The Morgan fingerprint density at radius 1 is 1.50 bits per heavy atom. The lowest BCUT2D eigenvalue weighted by molar-refractivity contribution is 0.195. The van der Waals surface area contributed by atoms with Crippen LogP contribution in [0.2, 0.25) is 0 Å². The highest BCUT2D eigenvalue weighted by atomic mass is 32.2. The number of hydrogen-bond donors (Lipinski definition) is 1. The first-order valence-electron chi connectivity index (χ1n) is 4.14. The van der Waals surface area contributed by atoms with Crippen molar-refractivity contribution in [2.75, 3.05) is 6.26 Å². The molecule has 0 aromatic carbocycles. The SMILES string of the molecule is CC(O)c1csc(C(C)S(C)(=O)=O)n1. The van der Waals surface area contributed by atoms with Crippen LogP contribution in [0.3, 0.4) is 0 Å². The minimum absolute atomic E-state index is 0.528. The number of aliphatic hydroxyl groups is 1. The van der Waals surface area contributed by atoms with Gasteiger partial charge in [-0.2, -0.15) is 0 Å². The molecule has 0 aliphatic carbocycles. The van der Waals surface area contributed by atoms with Crippen LogP contribution in [0.25, 0.3) is 0 Å². The van der Waals surface area contributed by atoms with E-state index in [0.717, 1.165) is 0 Å². The lowest BCUT2D eigenvalue weighted by Crippen LogP contribution is -2.07. The number of sulfone groups is 1. The van der Waals surface area contributed by atoms with Gasteiger partial charge in [-0.15, -0.1) is 11.3 Å². The summed E-state index contributed by atoms with van der Waals surface area (Å²) in [6, 6.07) is 0. The first-order chi connectivity index (χ1) is 6.32. The molecule has 14 heavy (non-hydrogen) atoms. The number of hydrogen-bond acceptors (Lipinski definition) is 5. The van der Waals surface area contributed by atoms with E-state index in [1.54, 1.807) is 19.2 Å². The predicted octanol–water partition coefficient (Wildman–Crippen LogP) is 1.30. The predicted molar refractivity (Wildman–Crippen MR) is 56.0 cm³/mol. The van der Waals surface area contributed by atoms with Gasteiger partial charge in [0.1, 0.15) is 10.3 Å². The van der Waals surface area contributed by atoms with Crippen molar-refractivity contribution in [3.8, 4) is 0 Å². The molecule has 4 nitrogen and oxygen atoms in total. The van der Waals surface area contributed by atoms with Gasteiger partial charge in [0.25, 0.3) is 0 Å². The van der Waals surface area contributed by atoms with E-state index in [1.807, 2.05) is 0 Å². The molecule has 0 bridgehead atoms. The van der Waals surface area contributed by atoms with Gasteiger partial charge in [-0.25, -0.2) is 13.4 Å². The van der Waals surface area contributed by atoms with Crippen LogP contribution in [0.15, 0.2) is 5.38 Å². The zero-order valence-corrected chi connectivity index (χ0v) is 9.89. The smallest absolute Gasteiger partial charge is 0.156 e. The molecule has 2 unspecified atom stereocenters. The van der Waals surface area contributed by atoms with Crippen molar-refractivity contribution in [2.45, 2.75) is 25.2 Å². The molecule has 1 aromatic rings. The number of aromatic nitrogens is 1. The van der Waals surface area contributed by atoms with Crippen LogP contribution in [0.5, 0.6) is 0 Å². The van der Waals surface area contributed by atoms with Crippen LogP contribution < -0.4 is 0 Å². The van der Waals surface area contributed by atoms with Crippen LogP contribution in [-0.4, -0.2) is 24.8 Å². The second kappa shape index (κ2) is 3.96. The van der Waals surface area contributed by atoms with Crippen LogP contribution in [-0.2, 0) is 9.84 Å². The van der Waals surface area contributed by atoms with E-state index in [2.05, 4.69) is 4.98 Å². The van der Waals surface area contributed by atoms with Crippen molar-refractivity contribution in [2.24, 2.45) is 0 Å². The lowest BCUT2D eigenvalue weighted by atomic mass is 10.3. The molecule has 0 radical (unpaired) electrons. The van der Waals surface area contributed by atoms with Gasteiger partial charge in [0.2, 0.25) is 0 Å². The van der Waals surface area contributed by atoms with E-state index in [9.17, 15) is 13.5 Å². The number of thiazole rings is 1. The van der Waals surface area contributed by atoms with Gasteiger partial charge < -0.3 is 5.11 Å². The Kier molecular flexibility index (Phi) is 3.28. The third kappa shape index (κ3) is 2.52. The second-order valence-corrected chi connectivity index (χ2v) is 6.51. The Bertz CT molecular complexity index is 408. The van der Waals surface area contributed by atoms with Crippen LogP contribution in [0.1, 0.15) is 35.9 Å². The summed E-state index contributed by atoms with van der Waals surface area (Å²) in [6.45, 7) is 3.20. The Morgan fingerprint density at radius 2 is 2.07 bits per heavy atom. The molecule has 0 fully saturated rings. The monoisotopic (exact) mass is 235 g/mol. The zero-order valence-electron chi connectivity index (χ0n) is 8.26. The average Bonchev–Trinajstić information content (AvgIpc) is 2.48. The molecule has 6 heteroatoms. The second-order valence-electron chi connectivity index (χ2n) is 3.26. The molecular formula is C8H13NO3S2. The summed E-state index contributed by atoms with van der Waals surface area (Å²) < 4.78 is 22.4. The first kappa shape index (κ1) is 11.6. The molecule has 1 aromatic heterocycles. The summed E-state index contributed by atoms with van der Waals surface area (Å²) in [5.74, 6) is 0. The molecule has 2 atom stereocenters. The largest absolute Gasteiger partial charge is 0.387 e. The van der Waals surface area contributed by atoms with Gasteiger partial charge in [0.05, 0.1) is 11.8 Å². The summed E-state index contributed by atoms with van der Waals surface area (Å²) in [4.78, 5) is 4.07. The molecule has 1 rings (SSSR count). The van der Waals surface area contributed by atoms with E-state index in [1.165, 1.54) is 17.6 Å². The van der Waals surface area contributed by atoms with Gasteiger partial charge in [0, 0.05) is 11.6 Å². The van der Waals surface area contributed by atoms with Crippen LogP contribution in [0.4, 0.5) is 0 Å². The van der Waals surface area contributed by atoms with Gasteiger partial charge in [-0.05, 0) is 13.8 Å². The van der Waals surface area contributed by atoms with Crippen molar-refractivity contribution in [1.82, 2.24) is 4.98 Å². The highest BCUT2D eigenvalue weighted by Gasteiger charge is 2.21. The number of aliphatic hydroxyl groups excluding tert-OH is 1. The van der Waals surface area contributed by atoms with Gasteiger partial charge in [0.15, 0.2) is 9.84 Å². The van der Waals surface area contributed by atoms with E-state index in [4.69, 9.17) is 0 Å². The maximum Gasteiger partial charge on any atom is 0.156 e. The fourth-order valence-electron chi connectivity index (χ4n) is 0.862. The third-order valence-electron chi connectivity index (χ3n) is 1.96. The van der Waals surface area contributed by atoms with E-state index < -0.39 is 21.2 Å². The van der Waals surface area contributed by atoms with E-state index in [0.29, 0.717) is 10.7 Å². The summed E-state index contributed by atoms with van der Waals surface area (Å²) >= 11 is 1.26. The molecule has 0 aliphatic rings. The Morgan fingerprint density at radius 3 is 2.43 bits per heavy atom. The van der Waals surface area contributed by atoms with Crippen LogP contribution in [0, 0.1) is 0 Å². The topological polar surface area (TPSA) is 67.3 Å². The molecule has 1 heterocycles. The maximum atomic E-state index is 11.2.